The highest BCUT2D eigenvalue weighted by atomic mass is 15.0. The molecule has 0 fully saturated rings. The molecular weight excluding hydrogens is 783 g/mol. The van der Waals surface area contributed by atoms with Crippen LogP contribution in [0.5, 0.6) is 0 Å². The Morgan fingerprint density at radius 1 is 0.344 bits per heavy atom. The van der Waals surface area contributed by atoms with Gasteiger partial charge in [-0.2, -0.15) is 5.26 Å². The van der Waals surface area contributed by atoms with Gasteiger partial charge in [0, 0.05) is 121 Å². The maximum atomic E-state index is 11.4. The van der Waals surface area contributed by atoms with E-state index in [2.05, 4.69) is 163 Å². The van der Waals surface area contributed by atoms with E-state index in [0.29, 0.717) is 5.56 Å². The summed E-state index contributed by atoms with van der Waals surface area (Å²) in [7, 11) is 0. The van der Waals surface area contributed by atoms with Gasteiger partial charge < -0.3 is 9.13 Å². The van der Waals surface area contributed by atoms with E-state index in [1.807, 2.05) is 61.2 Å². The number of rotatable bonds is 7. The molecule has 0 atom stereocenters. The second-order valence-electron chi connectivity index (χ2n) is 15.8. The van der Waals surface area contributed by atoms with Crippen LogP contribution >= 0.6 is 0 Å². The molecule has 0 spiro atoms. The molecule has 12 aromatic rings. The summed E-state index contributed by atoms with van der Waals surface area (Å²) in [6.45, 7) is 0. The summed E-state index contributed by atoms with van der Waals surface area (Å²) < 4.78 is 4.72. The minimum atomic E-state index is 0.509. The van der Waals surface area contributed by atoms with E-state index in [4.69, 9.17) is 0 Å². The zero-order valence-corrected chi connectivity index (χ0v) is 34.3. The Morgan fingerprint density at radius 3 is 1.20 bits per heavy atom. The molecule has 0 N–H and O–H groups in total. The molecule has 0 unspecified atom stereocenters. The Bertz CT molecular complexity index is 3660. The van der Waals surface area contributed by atoms with Gasteiger partial charge in [-0.05, 0) is 83.9 Å². The van der Waals surface area contributed by atoms with Gasteiger partial charge in [-0.3, -0.25) is 19.9 Å². The molecule has 0 saturated carbocycles. The number of pyridine rings is 4. The number of hydrogen-bond donors (Lipinski definition) is 0. The van der Waals surface area contributed by atoms with Crippen LogP contribution in [0.2, 0.25) is 0 Å². The maximum absolute atomic E-state index is 11.4. The average molecular weight is 818 g/mol. The van der Waals surface area contributed by atoms with E-state index >= 15 is 0 Å². The lowest BCUT2D eigenvalue weighted by Crippen LogP contribution is -2.07. The SMILES string of the molecule is N#Cc1c(-c2cccnc2)c(-c2cccnc2)c(-n2c3ccccc3c3cc(-c4ccc5c(c4)c4ccccc4n5-c4ccccc4)ccc32)c(-c2cccnc2)c1-c1cccnc1. The van der Waals surface area contributed by atoms with Crippen LogP contribution in [-0.4, -0.2) is 29.1 Å². The summed E-state index contributed by atoms with van der Waals surface area (Å²) in [6, 6.07) is 60.0. The van der Waals surface area contributed by atoms with Crippen molar-refractivity contribution in [1.29, 1.82) is 5.26 Å². The summed E-state index contributed by atoms with van der Waals surface area (Å²) >= 11 is 0. The van der Waals surface area contributed by atoms with Gasteiger partial charge in [0.15, 0.2) is 0 Å². The second-order valence-corrected chi connectivity index (χ2v) is 15.8. The Hall–Kier alpha value is -8.99. The fourth-order valence-electron chi connectivity index (χ4n) is 9.66. The highest BCUT2D eigenvalue weighted by Gasteiger charge is 2.31. The fourth-order valence-corrected chi connectivity index (χ4v) is 9.66. The van der Waals surface area contributed by atoms with Crippen LogP contribution in [-0.2, 0) is 0 Å². The minimum Gasteiger partial charge on any atom is -0.309 e. The van der Waals surface area contributed by atoms with E-state index in [9.17, 15) is 5.26 Å². The van der Waals surface area contributed by atoms with Crippen LogP contribution in [0.1, 0.15) is 5.56 Å². The quantitative estimate of drug-likeness (QED) is 0.160. The molecule has 0 amide bonds. The molecule has 6 aromatic carbocycles. The van der Waals surface area contributed by atoms with E-state index in [1.54, 1.807) is 24.8 Å². The summed E-state index contributed by atoms with van der Waals surface area (Å²) in [6.07, 6.45) is 14.5. The lowest BCUT2D eigenvalue weighted by molar-refractivity contribution is 1.17. The van der Waals surface area contributed by atoms with E-state index in [0.717, 1.165) is 94.3 Å². The summed E-state index contributed by atoms with van der Waals surface area (Å²) in [5.41, 5.74) is 15.7. The zero-order valence-electron chi connectivity index (χ0n) is 34.3. The first-order valence-electron chi connectivity index (χ1n) is 21.1. The second kappa shape index (κ2) is 15.2. The molecule has 64 heavy (non-hydrogen) atoms. The normalized spacial score (nSPS) is 11.4. The largest absolute Gasteiger partial charge is 0.309 e. The standard InChI is InChI=1S/C57H35N7/c58-32-48-53(39-12-8-26-59-33-39)55(41-14-10-28-61-35-41)57(56(42-15-11-29-62-36-42)54(48)40-13-9-27-60-34-40)64-50-21-7-5-19-45(50)47-31-38(23-25-52(47)64)37-22-24-51-46(30-37)44-18-4-6-20-49(44)63(51)43-16-2-1-3-17-43/h1-31,33-36H. The Kier molecular flexibility index (Phi) is 8.73. The van der Waals surface area contributed by atoms with Crippen LogP contribution in [0.25, 0.3) is 111 Å². The van der Waals surface area contributed by atoms with Crippen molar-refractivity contribution in [2.75, 3.05) is 0 Å². The monoisotopic (exact) mass is 817 g/mol. The van der Waals surface area contributed by atoms with Gasteiger partial charge in [-0.25, -0.2) is 0 Å². The molecule has 6 heterocycles. The molecule has 7 nitrogen and oxygen atoms in total. The Balaban J connectivity index is 1.20. The van der Waals surface area contributed by atoms with Crippen molar-refractivity contribution >= 4 is 43.6 Å². The number of aromatic nitrogens is 6. The van der Waals surface area contributed by atoms with E-state index in [-0.39, 0.29) is 0 Å². The molecule has 7 heteroatoms. The number of hydrogen-bond acceptors (Lipinski definition) is 5. The third-order valence-electron chi connectivity index (χ3n) is 12.3. The molecule has 0 aliphatic rings. The number of para-hydroxylation sites is 3. The van der Waals surface area contributed by atoms with Crippen molar-refractivity contribution < 1.29 is 0 Å². The van der Waals surface area contributed by atoms with Crippen LogP contribution in [0, 0.1) is 11.3 Å². The predicted octanol–water partition coefficient (Wildman–Crippen LogP) is 13.7. The lowest BCUT2D eigenvalue weighted by atomic mass is 9.80. The molecule has 6 aromatic heterocycles. The number of nitrogens with zero attached hydrogens (tertiary/aromatic N) is 7. The predicted molar refractivity (Wildman–Crippen MR) is 258 cm³/mol. The first-order chi connectivity index (χ1) is 31.8. The maximum Gasteiger partial charge on any atom is 0.100 e. The number of benzene rings is 6. The minimum absolute atomic E-state index is 0.509. The van der Waals surface area contributed by atoms with E-state index in [1.165, 1.54) is 16.3 Å². The molecule has 0 aliphatic carbocycles. The van der Waals surface area contributed by atoms with Crippen molar-refractivity contribution in [2.24, 2.45) is 0 Å². The molecular formula is C57H35N7. The third-order valence-corrected chi connectivity index (χ3v) is 12.3. The fraction of sp³-hybridized carbons (Fsp3) is 0. The van der Waals surface area contributed by atoms with Gasteiger partial charge in [-0.15, -0.1) is 0 Å². The zero-order chi connectivity index (χ0) is 42.6. The van der Waals surface area contributed by atoms with Crippen LogP contribution in [0.3, 0.4) is 0 Å². The number of fused-ring (bicyclic) bond motifs is 6. The summed E-state index contributed by atoms with van der Waals surface area (Å²) in [4.78, 5) is 18.5. The van der Waals surface area contributed by atoms with Crippen molar-refractivity contribution in [3.63, 3.8) is 0 Å². The first-order valence-corrected chi connectivity index (χ1v) is 21.1. The highest BCUT2D eigenvalue weighted by Crippen LogP contribution is 2.52. The van der Waals surface area contributed by atoms with Crippen molar-refractivity contribution in [2.45, 2.75) is 0 Å². The van der Waals surface area contributed by atoms with Crippen LogP contribution in [0.15, 0.2) is 213 Å². The van der Waals surface area contributed by atoms with Crippen molar-refractivity contribution in [3.8, 4) is 73.1 Å². The van der Waals surface area contributed by atoms with Gasteiger partial charge >= 0.3 is 0 Å². The van der Waals surface area contributed by atoms with Gasteiger partial charge in [0.1, 0.15) is 6.07 Å². The molecule has 0 radical (unpaired) electrons. The molecule has 298 valence electrons. The van der Waals surface area contributed by atoms with Crippen molar-refractivity contribution in [3.05, 3.63) is 219 Å². The van der Waals surface area contributed by atoms with E-state index < -0.39 is 0 Å². The highest BCUT2D eigenvalue weighted by molar-refractivity contribution is 6.15. The summed E-state index contributed by atoms with van der Waals surface area (Å²) in [5.74, 6) is 0. The van der Waals surface area contributed by atoms with Gasteiger partial charge in [0.2, 0.25) is 0 Å². The van der Waals surface area contributed by atoms with Crippen molar-refractivity contribution in [1.82, 2.24) is 29.1 Å². The Morgan fingerprint density at radius 2 is 0.750 bits per heavy atom. The molecule has 12 rings (SSSR count). The van der Waals surface area contributed by atoms with Crippen LogP contribution < -0.4 is 0 Å². The molecule has 0 aliphatic heterocycles. The van der Waals surface area contributed by atoms with Crippen LogP contribution in [0.4, 0.5) is 0 Å². The average Bonchev–Trinajstić information content (AvgIpc) is 3.89. The third kappa shape index (κ3) is 5.82. The molecule has 0 bridgehead atoms. The topological polar surface area (TPSA) is 85.2 Å². The van der Waals surface area contributed by atoms with Gasteiger partial charge in [0.05, 0.1) is 33.3 Å². The smallest absolute Gasteiger partial charge is 0.100 e. The Labute approximate surface area is 368 Å². The first kappa shape index (κ1) is 36.8. The summed E-state index contributed by atoms with van der Waals surface area (Å²) in [5, 5.41) is 16.0. The molecule has 0 saturated heterocycles. The van der Waals surface area contributed by atoms with Gasteiger partial charge in [-0.1, -0.05) is 91.0 Å². The van der Waals surface area contributed by atoms with Gasteiger partial charge in [0.25, 0.3) is 0 Å². The number of nitriles is 1. The lowest BCUT2D eigenvalue weighted by Gasteiger charge is -2.26.